The first kappa shape index (κ1) is 12.5. The summed E-state index contributed by atoms with van der Waals surface area (Å²) in [6, 6.07) is 14.3. The molecule has 19 heavy (non-hydrogen) atoms. The molecule has 1 aliphatic heterocycles. The summed E-state index contributed by atoms with van der Waals surface area (Å²) in [5.74, 6) is 1.87. The van der Waals surface area contributed by atoms with Gasteiger partial charge in [-0.05, 0) is 54.3 Å². The van der Waals surface area contributed by atoms with E-state index >= 15 is 0 Å². The van der Waals surface area contributed by atoms with Gasteiger partial charge < -0.3 is 9.47 Å². The van der Waals surface area contributed by atoms with Crippen LogP contribution in [0.5, 0.6) is 11.5 Å². The number of fused-ring (bicyclic) bond motifs is 1. The molecule has 1 aliphatic rings. The number of methoxy groups -OCH3 is 1. The fourth-order valence-corrected chi connectivity index (χ4v) is 2.82. The quantitative estimate of drug-likeness (QED) is 0.810. The Morgan fingerprint density at radius 3 is 2.68 bits per heavy atom. The number of halogens is 1. The maximum atomic E-state index is 6.08. The standard InChI is InChI=1S/C16H15BrO2/c1-18-14-6-2-11(3-7-14)15-8-4-12-10-13(17)5-9-16(12)19-15/h2-3,5-7,9-10,15H,4,8H2,1H3. The highest BCUT2D eigenvalue weighted by Crippen LogP contribution is 2.36. The van der Waals surface area contributed by atoms with Gasteiger partial charge in [0.2, 0.25) is 0 Å². The molecule has 1 unspecified atom stereocenters. The fraction of sp³-hybridized carbons (Fsp3) is 0.250. The molecule has 0 saturated carbocycles. The zero-order valence-electron chi connectivity index (χ0n) is 10.7. The molecule has 2 nitrogen and oxygen atoms in total. The van der Waals surface area contributed by atoms with E-state index in [9.17, 15) is 0 Å². The Morgan fingerprint density at radius 2 is 1.95 bits per heavy atom. The molecule has 1 heterocycles. The molecule has 2 aromatic rings. The summed E-state index contributed by atoms with van der Waals surface area (Å²) >= 11 is 3.50. The van der Waals surface area contributed by atoms with Crippen molar-refractivity contribution in [3.63, 3.8) is 0 Å². The van der Waals surface area contributed by atoms with Crippen LogP contribution in [-0.2, 0) is 6.42 Å². The summed E-state index contributed by atoms with van der Waals surface area (Å²) in [6.45, 7) is 0. The van der Waals surface area contributed by atoms with E-state index in [1.807, 2.05) is 24.3 Å². The summed E-state index contributed by atoms with van der Waals surface area (Å²) < 4.78 is 12.4. The molecule has 3 rings (SSSR count). The van der Waals surface area contributed by atoms with Crippen molar-refractivity contribution in [1.29, 1.82) is 0 Å². The van der Waals surface area contributed by atoms with Crippen molar-refractivity contribution in [1.82, 2.24) is 0 Å². The van der Waals surface area contributed by atoms with Gasteiger partial charge in [-0.1, -0.05) is 28.1 Å². The van der Waals surface area contributed by atoms with Crippen molar-refractivity contribution < 1.29 is 9.47 Å². The first-order chi connectivity index (χ1) is 9.26. The van der Waals surface area contributed by atoms with E-state index in [0.717, 1.165) is 28.8 Å². The summed E-state index contributed by atoms with van der Waals surface area (Å²) in [7, 11) is 1.68. The second kappa shape index (κ2) is 5.25. The largest absolute Gasteiger partial charge is 0.497 e. The molecular formula is C16H15BrO2. The van der Waals surface area contributed by atoms with Crippen molar-refractivity contribution in [3.05, 3.63) is 58.1 Å². The van der Waals surface area contributed by atoms with Gasteiger partial charge in [0.1, 0.15) is 17.6 Å². The van der Waals surface area contributed by atoms with Crippen LogP contribution < -0.4 is 9.47 Å². The van der Waals surface area contributed by atoms with Crippen LogP contribution in [0.2, 0.25) is 0 Å². The molecule has 0 amide bonds. The zero-order chi connectivity index (χ0) is 13.2. The molecule has 0 spiro atoms. The lowest BCUT2D eigenvalue weighted by Gasteiger charge is -2.26. The highest BCUT2D eigenvalue weighted by molar-refractivity contribution is 9.10. The average molecular weight is 319 g/mol. The summed E-state index contributed by atoms with van der Waals surface area (Å²) in [5.41, 5.74) is 2.48. The fourth-order valence-electron chi connectivity index (χ4n) is 2.41. The van der Waals surface area contributed by atoms with Gasteiger partial charge in [-0.2, -0.15) is 0 Å². The van der Waals surface area contributed by atoms with Crippen molar-refractivity contribution >= 4 is 15.9 Å². The molecule has 1 atom stereocenters. The van der Waals surface area contributed by atoms with Gasteiger partial charge >= 0.3 is 0 Å². The molecule has 0 bridgehead atoms. The van der Waals surface area contributed by atoms with E-state index < -0.39 is 0 Å². The van der Waals surface area contributed by atoms with Crippen LogP contribution in [0.4, 0.5) is 0 Å². The van der Waals surface area contributed by atoms with Crippen molar-refractivity contribution in [2.24, 2.45) is 0 Å². The number of ether oxygens (including phenoxy) is 2. The highest BCUT2D eigenvalue weighted by atomic mass is 79.9. The Kier molecular flexibility index (Phi) is 3.47. The van der Waals surface area contributed by atoms with Crippen LogP contribution in [0.15, 0.2) is 46.9 Å². The second-order valence-corrected chi connectivity index (χ2v) is 5.59. The van der Waals surface area contributed by atoms with E-state index in [-0.39, 0.29) is 6.10 Å². The van der Waals surface area contributed by atoms with Gasteiger partial charge in [0.05, 0.1) is 7.11 Å². The maximum Gasteiger partial charge on any atom is 0.124 e. The SMILES string of the molecule is COc1ccc(C2CCc3cc(Br)ccc3O2)cc1. The Balaban J connectivity index is 1.82. The number of rotatable bonds is 2. The van der Waals surface area contributed by atoms with Crippen molar-refractivity contribution in [2.45, 2.75) is 18.9 Å². The highest BCUT2D eigenvalue weighted by Gasteiger charge is 2.21. The molecule has 0 radical (unpaired) electrons. The van der Waals surface area contributed by atoms with E-state index in [1.54, 1.807) is 7.11 Å². The van der Waals surface area contributed by atoms with Gasteiger partial charge in [-0.3, -0.25) is 0 Å². The third-order valence-electron chi connectivity index (χ3n) is 3.46. The average Bonchev–Trinajstić information content (AvgIpc) is 2.47. The van der Waals surface area contributed by atoms with E-state index in [2.05, 4.69) is 34.1 Å². The number of benzene rings is 2. The molecule has 0 N–H and O–H groups in total. The first-order valence-electron chi connectivity index (χ1n) is 6.35. The van der Waals surface area contributed by atoms with Crippen molar-refractivity contribution in [3.8, 4) is 11.5 Å². The van der Waals surface area contributed by atoms with E-state index in [1.165, 1.54) is 11.1 Å². The van der Waals surface area contributed by atoms with Crippen LogP contribution in [-0.4, -0.2) is 7.11 Å². The molecular weight excluding hydrogens is 304 g/mol. The molecule has 2 aromatic carbocycles. The molecule has 98 valence electrons. The van der Waals surface area contributed by atoms with Gasteiger partial charge in [0.15, 0.2) is 0 Å². The zero-order valence-corrected chi connectivity index (χ0v) is 12.3. The van der Waals surface area contributed by atoms with Crippen LogP contribution in [0.1, 0.15) is 23.7 Å². The lowest BCUT2D eigenvalue weighted by Crippen LogP contribution is -2.15. The van der Waals surface area contributed by atoms with Gasteiger partial charge in [0, 0.05) is 4.47 Å². The topological polar surface area (TPSA) is 18.5 Å². The Labute approximate surface area is 121 Å². The van der Waals surface area contributed by atoms with Crippen LogP contribution in [0.3, 0.4) is 0 Å². The van der Waals surface area contributed by atoms with Crippen molar-refractivity contribution in [2.75, 3.05) is 7.11 Å². The number of hydrogen-bond acceptors (Lipinski definition) is 2. The molecule has 0 fully saturated rings. The minimum absolute atomic E-state index is 0.139. The van der Waals surface area contributed by atoms with Gasteiger partial charge in [-0.25, -0.2) is 0 Å². The smallest absolute Gasteiger partial charge is 0.124 e. The first-order valence-corrected chi connectivity index (χ1v) is 7.14. The minimum Gasteiger partial charge on any atom is -0.497 e. The molecule has 0 saturated heterocycles. The Morgan fingerprint density at radius 1 is 1.16 bits per heavy atom. The number of aryl methyl sites for hydroxylation is 1. The third kappa shape index (κ3) is 2.61. The van der Waals surface area contributed by atoms with Gasteiger partial charge in [0.25, 0.3) is 0 Å². The van der Waals surface area contributed by atoms with Crippen LogP contribution in [0, 0.1) is 0 Å². The second-order valence-electron chi connectivity index (χ2n) is 4.67. The lowest BCUT2D eigenvalue weighted by atomic mass is 9.97. The van der Waals surface area contributed by atoms with E-state index in [4.69, 9.17) is 9.47 Å². The predicted octanol–water partition coefficient (Wildman–Crippen LogP) is 4.52. The molecule has 3 heteroatoms. The molecule has 0 aliphatic carbocycles. The lowest BCUT2D eigenvalue weighted by molar-refractivity contribution is 0.176. The van der Waals surface area contributed by atoms with E-state index in [0.29, 0.717) is 0 Å². The summed E-state index contributed by atoms with van der Waals surface area (Å²) in [4.78, 5) is 0. The normalized spacial score (nSPS) is 17.5. The monoisotopic (exact) mass is 318 g/mol. The molecule has 0 aromatic heterocycles. The number of hydrogen-bond donors (Lipinski definition) is 0. The third-order valence-corrected chi connectivity index (χ3v) is 3.95. The maximum absolute atomic E-state index is 6.08. The summed E-state index contributed by atoms with van der Waals surface area (Å²) in [6.07, 6.45) is 2.20. The predicted molar refractivity (Wildman–Crippen MR) is 78.8 cm³/mol. The Bertz CT molecular complexity index is 578. The van der Waals surface area contributed by atoms with Crippen LogP contribution >= 0.6 is 15.9 Å². The minimum atomic E-state index is 0.139. The summed E-state index contributed by atoms with van der Waals surface area (Å²) in [5, 5.41) is 0. The van der Waals surface area contributed by atoms with Crippen LogP contribution in [0.25, 0.3) is 0 Å². The van der Waals surface area contributed by atoms with Gasteiger partial charge in [-0.15, -0.1) is 0 Å². The Hall–Kier alpha value is -1.48.